The largest absolute Gasteiger partial charge is 0.493 e. The Morgan fingerprint density at radius 3 is 2.65 bits per heavy atom. The van der Waals surface area contributed by atoms with Gasteiger partial charge in [0.2, 0.25) is 0 Å². The molecule has 4 rings (SSSR count). The number of fused-ring (bicyclic) bond motifs is 1. The first-order valence-electron chi connectivity index (χ1n) is 8.51. The number of hydrogen-bond acceptors (Lipinski definition) is 6. The van der Waals surface area contributed by atoms with Crippen LogP contribution in [-0.4, -0.2) is 57.2 Å². The molecule has 0 atom stereocenters. The number of para-hydroxylation sites is 2. The summed E-state index contributed by atoms with van der Waals surface area (Å²) in [5, 5.41) is 11.3. The number of amides is 1. The minimum absolute atomic E-state index is 0.0156. The van der Waals surface area contributed by atoms with E-state index in [1.165, 1.54) is 4.52 Å². The number of hydrogen-bond donors (Lipinski definition) is 0. The number of tetrazole rings is 1. The van der Waals surface area contributed by atoms with Crippen LogP contribution in [0.2, 0.25) is 0 Å². The quantitative estimate of drug-likeness (QED) is 0.712. The molecule has 1 aromatic carbocycles. The summed E-state index contributed by atoms with van der Waals surface area (Å²) in [5.41, 5.74) is 1.19. The van der Waals surface area contributed by atoms with Gasteiger partial charge in [-0.1, -0.05) is 12.1 Å². The zero-order chi connectivity index (χ0) is 17.9. The van der Waals surface area contributed by atoms with Gasteiger partial charge >= 0.3 is 0 Å². The molecule has 134 valence electrons. The summed E-state index contributed by atoms with van der Waals surface area (Å²) in [4.78, 5) is 14.6. The molecule has 2 aromatic heterocycles. The maximum atomic E-state index is 12.7. The lowest BCUT2D eigenvalue weighted by Gasteiger charge is -2.32. The number of rotatable bonds is 4. The fourth-order valence-electron chi connectivity index (χ4n) is 3.12. The molecule has 1 fully saturated rings. The van der Waals surface area contributed by atoms with E-state index in [9.17, 15) is 4.79 Å². The Balaban J connectivity index is 1.39. The minimum Gasteiger partial charge on any atom is -0.493 e. The van der Waals surface area contributed by atoms with Crippen molar-refractivity contribution in [2.45, 2.75) is 18.9 Å². The molecule has 0 radical (unpaired) electrons. The normalized spacial score (nSPS) is 15.2. The summed E-state index contributed by atoms with van der Waals surface area (Å²) in [7, 11) is 1.63. The van der Waals surface area contributed by atoms with E-state index in [1.54, 1.807) is 25.4 Å². The fraction of sp³-hybridized carbons (Fsp3) is 0.333. The number of aromatic nitrogens is 4. The molecule has 1 amide bonds. The lowest BCUT2D eigenvalue weighted by atomic mass is 10.1. The van der Waals surface area contributed by atoms with E-state index >= 15 is 0 Å². The van der Waals surface area contributed by atoms with Crippen molar-refractivity contribution in [3.8, 4) is 11.5 Å². The van der Waals surface area contributed by atoms with Crippen LogP contribution in [0.5, 0.6) is 11.5 Å². The Morgan fingerprint density at radius 2 is 1.88 bits per heavy atom. The maximum absolute atomic E-state index is 12.7. The number of ether oxygens (including phenoxy) is 2. The third kappa shape index (κ3) is 3.17. The predicted molar refractivity (Wildman–Crippen MR) is 93.3 cm³/mol. The summed E-state index contributed by atoms with van der Waals surface area (Å²) < 4.78 is 12.9. The van der Waals surface area contributed by atoms with Crippen LogP contribution in [0.15, 0.2) is 42.6 Å². The molecule has 0 N–H and O–H groups in total. The summed E-state index contributed by atoms with van der Waals surface area (Å²) in [5.74, 6) is 1.45. The second kappa shape index (κ2) is 6.99. The Bertz CT molecular complexity index is 918. The first-order valence-corrected chi connectivity index (χ1v) is 8.51. The molecule has 1 saturated heterocycles. The zero-order valence-corrected chi connectivity index (χ0v) is 14.4. The van der Waals surface area contributed by atoms with Crippen LogP contribution < -0.4 is 9.47 Å². The molecular weight excluding hydrogens is 334 g/mol. The van der Waals surface area contributed by atoms with E-state index < -0.39 is 0 Å². The van der Waals surface area contributed by atoms with Gasteiger partial charge in [-0.25, -0.2) is 0 Å². The average Bonchev–Trinajstić information content (AvgIpc) is 3.16. The smallest absolute Gasteiger partial charge is 0.255 e. The predicted octanol–water partition coefficient (Wildman–Crippen LogP) is 1.82. The second-order valence-electron chi connectivity index (χ2n) is 6.16. The maximum Gasteiger partial charge on any atom is 0.255 e. The van der Waals surface area contributed by atoms with Gasteiger partial charge in [-0.3, -0.25) is 4.79 Å². The van der Waals surface area contributed by atoms with Crippen molar-refractivity contribution in [1.29, 1.82) is 0 Å². The van der Waals surface area contributed by atoms with Gasteiger partial charge in [-0.2, -0.15) is 4.52 Å². The zero-order valence-electron chi connectivity index (χ0n) is 14.4. The van der Waals surface area contributed by atoms with Crippen LogP contribution in [0.4, 0.5) is 0 Å². The number of carbonyl (C=O) groups is 1. The molecular formula is C18H19N5O3. The average molecular weight is 353 g/mol. The lowest BCUT2D eigenvalue weighted by Crippen LogP contribution is -2.41. The molecule has 1 aliphatic heterocycles. The van der Waals surface area contributed by atoms with E-state index in [0.717, 1.165) is 24.3 Å². The summed E-state index contributed by atoms with van der Waals surface area (Å²) >= 11 is 0. The summed E-state index contributed by atoms with van der Waals surface area (Å²) in [6.07, 6.45) is 3.28. The monoisotopic (exact) mass is 353 g/mol. The third-order valence-corrected chi connectivity index (χ3v) is 4.53. The highest BCUT2D eigenvalue weighted by atomic mass is 16.5. The highest BCUT2D eigenvalue weighted by molar-refractivity contribution is 5.94. The van der Waals surface area contributed by atoms with Crippen molar-refractivity contribution < 1.29 is 14.3 Å². The molecule has 0 aliphatic carbocycles. The van der Waals surface area contributed by atoms with Crippen LogP contribution >= 0.6 is 0 Å². The highest BCUT2D eigenvalue weighted by Crippen LogP contribution is 2.29. The molecule has 0 bridgehead atoms. The molecule has 8 heteroatoms. The van der Waals surface area contributed by atoms with Gasteiger partial charge in [0, 0.05) is 32.1 Å². The molecule has 3 heterocycles. The lowest BCUT2D eigenvalue weighted by molar-refractivity contribution is 0.0590. The Hall–Kier alpha value is -3.16. The molecule has 3 aromatic rings. The SMILES string of the molecule is COc1ccccc1OC1CCN(C(=O)c2ccc3nnnn3c2)CC1. The number of pyridine rings is 1. The van der Waals surface area contributed by atoms with E-state index in [4.69, 9.17) is 9.47 Å². The number of likely N-dealkylation sites (tertiary alicyclic amines) is 1. The molecule has 0 saturated carbocycles. The molecule has 26 heavy (non-hydrogen) atoms. The van der Waals surface area contributed by atoms with Crippen LogP contribution in [-0.2, 0) is 0 Å². The van der Waals surface area contributed by atoms with Gasteiger partial charge in [0.25, 0.3) is 5.91 Å². The third-order valence-electron chi connectivity index (χ3n) is 4.53. The molecule has 0 spiro atoms. The van der Waals surface area contributed by atoms with Crippen LogP contribution in [0, 0.1) is 0 Å². The molecule has 1 aliphatic rings. The van der Waals surface area contributed by atoms with Gasteiger partial charge in [0.15, 0.2) is 17.1 Å². The molecule has 8 nitrogen and oxygen atoms in total. The standard InChI is InChI=1S/C18H19N5O3/c1-25-15-4-2-3-5-16(15)26-14-8-10-22(11-9-14)18(24)13-6-7-17-19-20-21-23(17)12-13/h2-7,12,14H,8-11H2,1H3. The van der Waals surface area contributed by atoms with Crippen molar-refractivity contribution in [1.82, 2.24) is 24.9 Å². The van der Waals surface area contributed by atoms with Gasteiger partial charge in [0.1, 0.15) is 6.10 Å². The van der Waals surface area contributed by atoms with E-state index in [1.807, 2.05) is 29.2 Å². The fourth-order valence-corrected chi connectivity index (χ4v) is 3.12. The Morgan fingerprint density at radius 1 is 1.12 bits per heavy atom. The van der Waals surface area contributed by atoms with Gasteiger partial charge in [-0.05, 0) is 34.7 Å². The van der Waals surface area contributed by atoms with Gasteiger partial charge in [-0.15, -0.1) is 5.10 Å². The highest BCUT2D eigenvalue weighted by Gasteiger charge is 2.25. The van der Waals surface area contributed by atoms with Crippen LogP contribution in [0.25, 0.3) is 5.65 Å². The number of carbonyl (C=O) groups excluding carboxylic acids is 1. The summed E-state index contributed by atoms with van der Waals surface area (Å²) in [6, 6.07) is 11.1. The van der Waals surface area contributed by atoms with Crippen molar-refractivity contribution in [2.24, 2.45) is 0 Å². The van der Waals surface area contributed by atoms with E-state index in [-0.39, 0.29) is 12.0 Å². The van der Waals surface area contributed by atoms with Gasteiger partial charge < -0.3 is 14.4 Å². The Labute approximate surface area is 150 Å². The van der Waals surface area contributed by atoms with E-state index in [0.29, 0.717) is 24.3 Å². The number of benzene rings is 1. The minimum atomic E-state index is -0.0156. The molecule has 0 unspecified atom stereocenters. The second-order valence-corrected chi connectivity index (χ2v) is 6.16. The Kier molecular flexibility index (Phi) is 4.39. The van der Waals surface area contributed by atoms with Crippen molar-refractivity contribution in [3.63, 3.8) is 0 Å². The topological polar surface area (TPSA) is 81.9 Å². The number of piperidine rings is 1. The van der Waals surface area contributed by atoms with Crippen LogP contribution in [0.3, 0.4) is 0 Å². The van der Waals surface area contributed by atoms with E-state index in [2.05, 4.69) is 15.5 Å². The van der Waals surface area contributed by atoms with Crippen LogP contribution in [0.1, 0.15) is 23.2 Å². The van der Waals surface area contributed by atoms with Crippen molar-refractivity contribution in [2.75, 3.05) is 20.2 Å². The van der Waals surface area contributed by atoms with Crippen molar-refractivity contribution in [3.05, 3.63) is 48.2 Å². The number of nitrogens with zero attached hydrogens (tertiary/aromatic N) is 5. The summed E-state index contributed by atoms with van der Waals surface area (Å²) in [6.45, 7) is 1.29. The first-order chi connectivity index (χ1) is 12.7. The van der Waals surface area contributed by atoms with Gasteiger partial charge in [0.05, 0.1) is 12.7 Å². The van der Waals surface area contributed by atoms with Crippen molar-refractivity contribution >= 4 is 11.6 Å². The first kappa shape index (κ1) is 16.3. The number of methoxy groups -OCH3 is 1.